The molecule has 0 unspecified atom stereocenters. The lowest BCUT2D eigenvalue weighted by molar-refractivity contribution is -0.144. The molecule has 15 heavy (non-hydrogen) atoms. The van der Waals surface area contributed by atoms with Crippen molar-refractivity contribution in [2.24, 2.45) is 0 Å². The second-order valence-electron chi connectivity index (χ2n) is 2.52. The monoisotopic (exact) mass is 271 g/mol. The van der Waals surface area contributed by atoms with Gasteiger partial charge in [-0.1, -0.05) is 23.2 Å². The number of carbonyl (C=O) groups excluding carboxylic acids is 2. The molecule has 0 saturated heterocycles. The minimum absolute atomic E-state index is 0.103. The van der Waals surface area contributed by atoms with Gasteiger partial charge in [-0.15, -0.1) is 11.8 Å². The summed E-state index contributed by atoms with van der Waals surface area (Å²) in [5.74, 6) is -0.487. The zero-order valence-electron chi connectivity index (χ0n) is 8.25. The van der Waals surface area contributed by atoms with Gasteiger partial charge >= 0.3 is 5.97 Å². The molecule has 0 aromatic carbocycles. The average molecular weight is 272 g/mol. The van der Waals surface area contributed by atoms with Crippen LogP contribution in [-0.2, 0) is 14.3 Å². The van der Waals surface area contributed by atoms with E-state index in [0.29, 0.717) is 5.75 Å². The minimum atomic E-state index is -0.693. The molecule has 0 aliphatic carbocycles. The smallest absolute Gasteiger partial charge is 0.329 e. The van der Waals surface area contributed by atoms with Crippen LogP contribution < -0.4 is 5.32 Å². The first kappa shape index (κ1) is 14.6. The topological polar surface area (TPSA) is 55.4 Å². The van der Waals surface area contributed by atoms with E-state index in [-0.39, 0.29) is 10.4 Å². The maximum Gasteiger partial charge on any atom is 0.329 e. The molecule has 0 rings (SSSR count). The van der Waals surface area contributed by atoms with Crippen LogP contribution in [0, 0.1) is 0 Å². The van der Waals surface area contributed by atoms with Crippen LogP contribution in [0.4, 0.5) is 0 Å². The van der Waals surface area contributed by atoms with E-state index in [2.05, 4.69) is 10.1 Å². The molecular weight excluding hydrogens is 261 g/mol. The van der Waals surface area contributed by atoms with Gasteiger partial charge in [-0.2, -0.15) is 0 Å². The van der Waals surface area contributed by atoms with Crippen LogP contribution in [0.15, 0.2) is 9.90 Å². The quantitative estimate of drug-likeness (QED) is 0.773. The summed E-state index contributed by atoms with van der Waals surface area (Å²) in [4.78, 5) is 22.0. The Bertz CT molecular complexity index is 267. The molecule has 86 valence electrons. The molecule has 0 radical (unpaired) electrons. The summed E-state index contributed by atoms with van der Waals surface area (Å²) in [7, 11) is 1.26. The zero-order chi connectivity index (χ0) is 11.8. The van der Waals surface area contributed by atoms with Crippen LogP contribution in [0.1, 0.15) is 6.92 Å². The van der Waals surface area contributed by atoms with Gasteiger partial charge in [0.05, 0.1) is 7.11 Å². The molecule has 0 spiro atoms. The largest absolute Gasteiger partial charge is 0.467 e. The van der Waals surface area contributed by atoms with Gasteiger partial charge < -0.3 is 10.1 Å². The summed E-state index contributed by atoms with van der Waals surface area (Å²) < 4.78 is 4.62. The summed E-state index contributed by atoms with van der Waals surface area (Å²) >= 11 is 12.0. The summed E-state index contributed by atoms with van der Waals surface area (Å²) in [6, 6.07) is -0.693. The van der Waals surface area contributed by atoms with E-state index in [1.54, 1.807) is 0 Å². The van der Waals surface area contributed by atoms with Crippen molar-refractivity contribution in [1.29, 1.82) is 0 Å². The van der Waals surface area contributed by atoms with Crippen LogP contribution in [0.5, 0.6) is 0 Å². The summed E-state index contributed by atoms with van der Waals surface area (Å²) in [5.41, 5.74) is 0. The van der Waals surface area contributed by atoms with Crippen molar-refractivity contribution in [1.82, 2.24) is 5.32 Å². The Hall–Kier alpha value is -0.390. The Balaban J connectivity index is 4.19. The van der Waals surface area contributed by atoms with Crippen molar-refractivity contribution >= 4 is 46.8 Å². The summed E-state index contributed by atoms with van der Waals surface area (Å²) in [6.07, 6.45) is 0. The summed E-state index contributed by atoms with van der Waals surface area (Å²) in [6.45, 7) is 1.32. The number of methoxy groups -OCH3 is 1. The molecule has 1 atom stereocenters. The highest BCUT2D eigenvalue weighted by molar-refractivity contribution is 8.02. The molecular formula is C8H11Cl2NO3S. The number of amides is 1. The van der Waals surface area contributed by atoms with Gasteiger partial charge in [-0.05, 0) is 0 Å². The molecule has 0 heterocycles. The zero-order valence-corrected chi connectivity index (χ0v) is 10.6. The number of thioether (sulfide) groups is 1. The number of halogens is 2. The van der Waals surface area contributed by atoms with Crippen LogP contribution in [0.25, 0.3) is 0 Å². The van der Waals surface area contributed by atoms with E-state index < -0.39 is 12.0 Å². The number of carbonyl (C=O) groups is 2. The van der Waals surface area contributed by atoms with Crippen molar-refractivity contribution in [3.05, 3.63) is 9.90 Å². The first-order valence-corrected chi connectivity index (χ1v) is 5.75. The third-order valence-electron chi connectivity index (χ3n) is 1.30. The van der Waals surface area contributed by atoms with E-state index in [1.165, 1.54) is 31.2 Å². The molecule has 0 bridgehead atoms. The fraction of sp³-hybridized carbons (Fsp3) is 0.500. The Labute approximate surface area is 102 Å². The van der Waals surface area contributed by atoms with Gasteiger partial charge in [0.25, 0.3) is 0 Å². The standard InChI is InChI=1S/C8H11Cl2NO3S/c1-5(12)11-6(8(13)14-2)3-15-4-7(9)10/h4,6H,3H2,1-2H3,(H,11,12)/t6-/m0/s1. The molecule has 0 aromatic heterocycles. The number of hydrogen-bond donors (Lipinski definition) is 1. The molecule has 4 nitrogen and oxygen atoms in total. The lowest BCUT2D eigenvalue weighted by Gasteiger charge is -2.13. The van der Waals surface area contributed by atoms with Crippen molar-refractivity contribution in [2.45, 2.75) is 13.0 Å². The van der Waals surface area contributed by atoms with E-state index in [9.17, 15) is 9.59 Å². The van der Waals surface area contributed by atoms with Crippen molar-refractivity contribution in [2.75, 3.05) is 12.9 Å². The second kappa shape index (κ2) is 7.84. The SMILES string of the molecule is COC(=O)[C@H](CSC=C(Cl)Cl)NC(C)=O. The predicted octanol–water partition coefficient (Wildman–Crippen LogP) is 1.67. The summed E-state index contributed by atoms with van der Waals surface area (Å²) in [5, 5.41) is 3.93. The number of hydrogen-bond acceptors (Lipinski definition) is 4. The lowest BCUT2D eigenvalue weighted by Crippen LogP contribution is -2.42. The molecule has 0 aromatic rings. The number of nitrogens with one attached hydrogen (secondary N) is 1. The molecule has 0 aliphatic rings. The van der Waals surface area contributed by atoms with Crippen LogP contribution >= 0.6 is 35.0 Å². The number of ether oxygens (including phenoxy) is 1. The Morgan fingerprint density at radius 3 is 2.53 bits per heavy atom. The second-order valence-corrected chi connectivity index (χ2v) is 4.43. The fourth-order valence-corrected chi connectivity index (χ4v) is 1.78. The van der Waals surface area contributed by atoms with E-state index in [0.717, 1.165) is 0 Å². The van der Waals surface area contributed by atoms with Gasteiger partial charge in [0.2, 0.25) is 5.91 Å². The first-order chi connectivity index (χ1) is 6.97. The highest BCUT2D eigenvalue weighted by Crippen LogP contribution is 2.15. The van der Waals surface area contributed by atoms with Crippen molar-refractivity contribution < 1.29 is 14.3 Å². The number of rotatable bonds is 5. The van der Waals surface area contributed by atoms with Crippen LogP contribution in [-0.4, -0.2) is 30.8 Å². The fourth-order valence-electron chi connectivity index (χ4n) is 0.764. The normalized spacial score (nSPS) is 11.5. The highest BCUT2D eigenvalue weighted by Gasteiger charge is 2.19. The van der Waals surface area contributed by atoms with Gasteiger partial charge in [0.1, 0.15) is 10.5 Å². The van der Waals surface area contributed by atoms with Crippen molar-refractivity contribution in [3.63, 3.8) is 0 Å². The Morgan fingerprint density at radius 1 is 1.53 bits per heavy atom. The average Bonchev–Trinajstić information content (AvgIpc) is 2.14. The molecule has 1 N–H and O–H groups in total. The Morgan fingerprint density at radius 2 is 2.13 bits per heavy atom. The van der Waals surface area contributed by atoms with Crippen LogP contribution in [0.3, 0.4) is 0 Å². The molecule has 0 aliphatic heterocycles. The Kier molecular flexibility index (Phi) is 7.64. The predicted molar refractivity (Wildman–Crippen MR) is 61.9 cm³/mol. The molecule has 7 heteroatoms. The van der Waals surface area contributed by atoms with E-state index in [4.69, 9.17) is 23.2 Å². The molecule has 1 amide bonds. The van der Waals surface area contributed by atoms with Gasteiger partial charge in [-0.25, -0.2) is 4.79 Å². The number of esters is 1. The third kappa shape index (κ3) is 7.53. The van der Waals surface area contributed by atoms with Crippen molar-refractivity contribution in [3.8, 4) is 0 Å². The molecule has 0 fully saturated rings. The lowest BCUT2D eigenvalue weighted by atomic mass is 10.3. The maximum atomic E-state index is 11.2. The van der Waals surface area contributed by atoms with E-state index in [1.807, 2.05) is 0 Å². The van der Waals surface area contributed by atoms with Gasteiger partial charge in [0, 0.05) is 18.1 Å². The first-order valence-electron chi connectivity index (χ1n) is 3.95. The van der Waals surface area contributed by atoms with E-state index >= 15 is 0 Å². The highest BCUT2D eigenvalue weighted by atomic mass is 35.5. The van der Waals surface area contributed by atoms with Gasteiger partial charge in [-0.3, -0.25) is 4.79 Å². The van der Waals surface area contributed by atoms with Crippen LogP contribution in [0.2, 0.25) is 0 Å². The molecule has 0 saturated carbocycles. The minimum Gasteiger partial charge on any atom is -0.467 e. The van der Waals surface area contributed by atoms with Gasteiger partial charge in [0.15, 0.2) is 0 Å². The third-order valence-corrected chi connectivity index (χ3v) is 2.70. The maximum absolute atomic E-state index is 11.2.